The first-order chi connectivity index (χ1) is 3.77. The van der Waals surface area contributed by atoms with Crippen LogP contribution in [0.5, 0.6) is 0 Å². The first-order valence-electron chi connectivity index (χ1n) is 2.27. The molecule has 0 bridgehead atoms. The van der Waals surface area contributed by atoms with Gasteiger partial charge in [0.05, 0.1) is 11.0 Å². The Labute approximate surface area is 52.3 Å². The SMILES string of the molecule is C#CCCNS(C)=O. The Morgan fingerprint density at radius 1 is 1.88 bits per heavy atom. The zero-order chi connectivity index (χ0) is 6.41. The molecule has 0 aliphatic carbocycles. The van der Waals surface area contributed by atoms with Crippen LogP contribution in [0.25, 0.3) is 0 Å². The predicted molar refractivity (Wildman–Crippen MR) is 35.5 cm³/mol. The molecule has 0 aromatic carbocycles. The van der Waals surface area contributed by atoms with E-state index in [4.69, 9.17) is 6.42 Å². The number of hydrogen-bond donors (Lipinski definition) is 1. The molecule has 0 aliphatic rings. The lowest BCUT2D eigenvalue weighted by Gasteiger charge is -1.92. The highest BCUT2D eigenvalue weighted by molar-refractivity contribution is 7.82. The molecule has 0 rings (SSSR count). The van der Waals surface area contributed by atoms with Crippen molar-refractivity contribution in [2.24, 2.45) is 0 Å². The van der Waals surface area contributed by atoms with Gasteiger partial charge in [0.1, 0.15) is 0 Å². The van der Waals surface area contributed by atoms with Crippen molar-refractivity contribution in [3.63, 3.8) is 0 Å². The lowest BCUT2D eigenvalue weighted by Crippen LogP contribution is -2.16. The van der Waals surface area contributed by atoms with Crippen LogP contribution in [-0.4, -0.2) is 17.0 Å². The van der Waals surface area contributed by atoms with Crippen LogP contribution in [-0.2, 0) is 11.0 Å². The molecule has 8 heavy (non-hydrogen) atoms. The Hall–Kier alpha value is -0.330. The number of terminal acetylenes is 1. The van der Waals surface area contributed by atoms with E-state index in [2.05, 4.69) is 10.6 Å². The maximum atomic E-state index is 10.2. The summed E-state index contributed by atoms with van der Waals surface area (Å²) in [5, 5.41) is 0. The number of nitrogens with one attached hydrogen (secondary N) is 1. The molecular formula is C5H9NOS. The molecule has 0 saturated heterocycles. The third kappa shape index (κ3) is 5.67. The van der Waals surface area contributed by atoms with Gasteiger partial charge in [0.25, 0.3) is 0 Å². The van der Waals surface area contributed by atoms with Crippen molar-refractivity contribution in [2.45, 2.75) is 6.42 Å². The molecule has 1 N–H and O–H groups in total. The minimum Gasteiger partial charge on any atom is -0.243 e. The Bertz CT molecular complexity index is 116. The van der Waals surface area contributed by atoms with Crippen LogP contribution in [0.2, 0.25) is 0 Å². The third-order valence-corrected chi connectivity index (χ3v) is 1.19. The molecule has 0 aromatic heterocycles. The van der Waals surface area contributed by atoms with Crippen molar-refractivity contribution in [3.05, 3.63) is 0 Å². The average molecular weight is 131 g/mol. The highest BCUT2D eigenvalue weighted by Gasteiger charge is 1.83. The van der Waals surface area contributed by atoms with Gasteiger partial charge in [-0.1, -0.05) is 0 Å². The van der Waals surface area contributed by atoms with Gasteiger partial charge in [-0.2, -0.15) is 0 Å². The summed E-state index contributed by atoms with van der Waals surface area (Å²) in [5.74, 6) is 2.43. The highest BCUT2D eigenvalue weighted by atomic mass is 32.2. The summed E-state index contributed by atoms with van der Waals surface area (Å²) in [4.78, 5) is 0. The maximum Gasteiger partial charge on any atom is 0.0883 e. The fourth-order valence-electron chi connectivity index (χ4n) is 0.267. The molecule has 0 fully saturated rings. The Balaban J connectivity index is 2.97. The minimum absolute atomic E-state index is 0.638. The van der Waals surface area contributed by atoms with E-state index < -0.39 is 11.0 Å². The van der Waals surface area contributed by atoms with Crippen LogP contribution in [0.15, 0.2) is 0 Å². The molecule has 0 amide bonds. The molecule has 0 aromatic rings. The van der Waals surface area contributed by atoms with Gasteiger partial charge in [-0.15, -0.1) is 12.3 Å². The number of rotatable bonds is 3. The molecule has 1 unspecified atom stereocenters. The molecule has 1 atom stereocenters. The highest BCUT2D eigenvalue weighted by Crippen LogP contribution is 1.70. The van der Waals surface area contributed by atoms with Gasteiger partial charge >= 0.3 is 0 Å². The quantitative estimate of drug-likeness (QED) is 0.420. The van der Waals surface area contributed by atoms with E-state index >= 15 is 0 Å². The number of hydrogen-bond acceptors (Lipinski definition) is 1. The predicted octanol–water partition coefficient (Wildman–Crippen LogP) is -0.107. The van der Waals surface area contributed by atoms with E-state index in [0.29, 0.717) is 13.0 Å². The van der Waals surface area contributed by atoms with Crippen LogP contribution in [0.4, 0.5) is 0 Å². The van der Waals surface area contributed by atoms with Gasteiger partial charge in [0.15, 0.2) is 0 Å². The molecule has 2 nitrogen and oxygen atoms in total. The van der Waals surface area contributed by atoms with E-state index in [1.54, 1.807) is 6.26 Å². The van der Waals surface area contributed by atoms with E-state index in [1.807, 2.05) is 0 Å². The first-order valence-corrected chi connectivity index (χ1v) is 3.83. The van der Waals surface area contributed by atoms with Crippen molar-refractivity contribution < 1.29 is 4.21 Å². The smallest absolute Gasteiger partial charge is 0.0883 e. The van der Waals surface area contributed by atoms with Crippen molar-refractivity contribution in [3.8, 4) is 12.3 Å². The van der Waals surface area contributed by atoms with Gasteiger partial charge < -0.3 is 0 Å². The van der Waals surface area contributed by atoms with E-state index in [1.165, 1.54) is 0 Å². The summed E-state index contributed by atoms with van der Waals surface area (Å²) in [6.07, 6.45) is 7.14. The summed E-state index contributed by atoms with van der Waals surface area (Å²) >= 11 is 0. The largest absolute Gasteiger partial charge is 0.243 e. The van der Waals surface area contributed by atoms with Crippen molar-refractivity contribution >= 4 is 11.0 Å². The Morgan fingerprint density at radius 2 is 2.50 bits per heavy atom. The minimum atomic E-state index is -0.913. The summed E-state index contributed by atoms with van der Waals surface area (Å²) in [7, 11) is -0.913. The van der Waals surface area contributed by atoms with Crippen LogP contribution in [0.3, 0.4) is 0 Å². The summed E-state index contributed by atoms with van der Waals surface area (Å²) in [6.45, 7) is 0.639. The Kier molecular flexibility index (Phi) is 4.62. The van der Waals surface area contributed by atoms with Crippen molar-refractivity contribution in [1.82, 2.24) is 4.72 Å². The molecule has 0 heterocycles. The third-order valence-electron chi connectivity index (χ3n) is 0.575. The maximum absolute atomic E-state index is 10.2. The first kappa shape index (κ1) is 7.67. The normalized spacial score (nSPS) is 12.5. The van der Waals surface area contributed by atoms with Gasteiger partial charge in [-0.25, -0.2) is 8.93 Å². The average Bonchev–Trinajstić information content (AvgIpc) is 1.66. The van der Waals surface area contributed by atoms with Gasteiger partial charge in [-0.05, 0) is 0 Å². The van der Waals surface area contributed by atoms with Crippen molar-refractivity contribution in [1.29, 1.82) is 0 Å². The summed E-state index contributed by atoms with van der Waals surface area (Å²) in [6, 6.07) is 0. The van der Waals surface area contributed by atoms with Crippen LogP contribution >= 0.6 is 0 Å². The van der Waals surface area contributed by atoms with Gasteiger partial charge in [0.2, 0.25) is 0 Å². The monoisotopic (exact) mass is 131 g/mol. The second kappa shape index (κ2) is 4.82. The fraction of sp³-hybridized carbons (Fsp3) is 0.600. The summed E-state index contributed by atoms with van der Waals surface area (Å²) < 4.78 is 12.9. The zero-order valence-corrected chi connectivity index (χ0v) is 5.62. The molecule has 3 heteroatoms. The van der Waals surface area contributed by atoms with E-state index in [0.717, 1.165) is 0 Å². The molecule has 0 radical (unpaired) electrons. The fourth-order valence-corrected chi connectivity index (χ4v) is 0.656. The van der Waals surface area contributed by atoms with Gasteiger partial charge in [0, 0.05) is 19.2 Å². The van der Waals surface area contributed by atoms with E-state index in [9.17, 15) is 4.21 Å². The standard InChI is InChI=1S/C5H9NOS/c1-3-4-5-6-8(2)7/h1,6H,4-5H2,2H3. The second-order valence-electron chi connectivity index (χ2n) is 1.30. The molecule has 0 aliphatic heterocycles. The second-order valence-corrected chi connectivity index (χ2v) is 2.50. The Morgan fingerprint density at radius 3 is 2.88 bits per heavy atom. The van der Waals surface area contributed by atoms with Crippen molar-refractivity contribution in [2.75, 3.05) is 12.8 Å². The van der Waals surface area contributed by atoms with Crippen LogP contribution in [0, 0.1) is 12.3 Å². The lowest BCUT2D eigenvalue weighted by molar-refractivity contribution is 0.677. The molecule has 0 spiro atoms. The molecular weight excluding hydrogens is 122 g/mol. The summed E-state index contributed by atoms with van der Waals surface area (Å²) in [5.41, 5.74) is 0. The molecule has 0 saturated carbocycles. The molecule has 46 valence electrons. The topological polar surface area (TPSA) is 29.1 Å². The van der Waals surface area contributed by atoms with Crippen LogP contribution < -0.4 is 4.72 Å². The van der Waals surface area contributed by atoms with Gasteiger partial charge in [-0.3, -0.25) is 0 Å². The lowest BCUT2D eigenvalue weighted by atomic mass is 10.5. The zero-order valence-electron chi connectivity index (χ0n) is 4.81. The van der Waals surface area contributed by atoms with E-state index in [-0.39, 0.29) is 0 Å². The van der Waals surface area contributed by atoms with Crippen LogP contribution in [0.1, 0.15) is 6.42 Å².